The van der Waals surface area contributed by atoms with Crippen LogP contribution in [0.2, 0.25) is 0 Å². The van der Waals surface area contributed by atoms with E-state index in [0.29, 0.717) is 12.3 Å². The molecule has 0 bridgehead atoms. The van der Waals surface area contributed by atoms with E-state index < -0.39 is 11.6 Å². The lowest BCUT2D eigenvalue weighted by atomic mass is 9.85. The standard InChI is InChI=1S/C14H16F2O/c15-12-7-6-11(9-13(12)16)14(17)8-10-4-2-1-3-5-10/h6-7,9-10H,1-5,8H2. The number of carbonyl (C=O) groups is 1. The maximum atomic E-state index is 13.0. The Morgan fingerprint density at radius 2 is 1.82 bits per heavy atom. The van der Waals surface area contributed by atoms with Crippen LogP contribution in [0.4, 0.5) is 8.78 Å². The van der Waals surface area contributed by atoms with Gasteiger partial charge in [0.15, 0.2) is 17.4 Å². The fraction of sp³-hybridized carbons (Fsp3) is 0.500. The van der Waals surface area contributed by atoms with Gasteiger partial charge in [-0.15, -0.1) is 0 Å². The largest absolute Gasteiger partial charge is 0.294 e. The molecular formula is C14H16F2O. The van der Waals surface area contributed by atoms with E-state index in [4.69, 9.17) is 0 Å². The van der Waals surface area contributed by atoms with Crippen molar-refractivity contribution in [2.75, 3.05) is 0 Å². The highest BCUT2D eigenvalue weighted by molar-refractivity contribution is 5.96. The zero-order chi connectivity index (χ0) is 12.3. The van der Waals surface area contributed by atoms with Gasteiger partial charge in [-0.2, -0.15) is 0 Å². The molecule has 0 saturated heterocycles. The van der Waals surface area contributed by atoms with Gasteiger partial charge in [0.2, 0.25) is 0 Å². The van der Waals surface area contributed by atoms with Gasteiger partial charge in [0.25, 0.3) is 0 Å². The smallest absolute Gasteiger partial charge is 0.163 e. The number of Topliss-reactive ketones (excluding diaryl/α,β-unsaturated/α-hetero) is 1. The molecule has 0 spiro atoms. The van der Waals surface area contributed by atoms with E-state index >= 15 is 0 Å². The molecule has 92 valence electrons. The summed E-state index contributed by atoms with van der Waals surface area (Å²) >= 11 is 0. The van der Waals surface area contributed by atoms with Gasteiger partial charge in [0.05, 0.1) is 0 Å². The summed E-state index contributed by atoms with van der Waals surface area (Å²) in [5, 5.41) is 0. The van der Waals surface area contributed by atoms with Crippen LogP contribution in [-0.4, -0.2) is 5.78 Å². The van der Waals surface area contributed by atoms with Crippen LogP contribution in [0.1, 0.15) is 48.9 Å². The Labute approximate surface area is 99.8 Å². The number of benzene rings is 1. The molecule has 2 rings (SSSR count). The molecule has 0 atom stereocenters. The van der Waals surface area contributed by atoms with Crippen molar-refractivity contribution in [2.24, 2.45) is 5.92 Å². The molecule has 0 radical (unpaired) electrons. The van der Waals surface area contributed by atoms with Crippen molar-refractivity contribution in [3.63, 3.8) is 0 Å². The van der Waals surface area contributed by atoms with E-state index in [1.54, 1.807) is 0 Å². The van der Waals surface area contributed by atoms with E-state index in [1.165, 1.54) is 25.3 Å². The first-order valence-corrected chi connectivity index (χ1v) is 6.15. The number of halogens is 2. The zero-order valence-electron chi connectivity index (χ0n) is 9.72. The molecule has 0 N–H and O–H groups in total. The summed E-state index contributed by atoms with van der Waals surface area (Å²) in [7, 11) is 0. The molecule has 1 nitrogen and oxygen atoms in total. The van der Waals surface area contributed by atoms with Gasteiger partial charge in [-0.3, -0.25) is 4.79 Å². The van der Waals surface area contributed by atoms with E-state index in [0.717, 1.165) is 25.0 Å². The highest BCUT2D eigenvalue weighted by Gasteiger charge is 2.18. The third-order valence-corrected chi connectivity index (χ3v) is 3.44. The van der Waals surface area contributed by atoms with Gasteiger partial charge in [0.1, 0.15) is 0 Å². The second-order valence-corrected chi connectivity index (χ2v) is 4.76. The van der Waals surface area contributed by atoms with Gasteiger partial charge in [-0.05, 0) is 24.1 Å². The third kappa shape index (κ3) is 3.11. The maximum absolute atomic E-state index is 13.0. The fourth-order valence-corrected chi connectivity index (χ4v) is 2.44. The zero-order valence-corrected chi connectivity index (χ0v) is 9.72. The van der Waals surface area contributed by atoms with Crippen LogP contribution in [0, 0.1) is 17.6 Å². The first kappa shape index (κ1) is 12.2. The van der Waals surface area contributed by atoms with Crippen molar-refractivity contribution >= 4 is 5.78 Å². The Morgan fingerprint density at radius 3 is 2.47 bits per heavy atom. The van der Waals surface area contributed by atoms with Crippen LogP contribution in [0.25, 0.3) is 0 Å². The molecule has 1 aromatic carbocycles. The predicted octanol–water partition coefficient (Wildman–Crippen LogP) is 4.12. The second kappa shape index (κ2) is 5.39. The van der Waals surface area contributed by atoms with Crippen molar-refractivity contribution < 1.29 is 13.6 Å². The lowest BCUT2D eigenvalue weighted by Gasteiger charge is -2.20. The maximum Gasteiger partial charge on any atom is 0.163 e. The van der Waals surface area contributed by atoms with Gasteiger partial charge < -0.3 is 0 Å². The summed E-state index contributed by atoms with van der Waals surface area (Å²) < 4.78 is 25.7. The minimum absolute atomic E-state index is 0.0733. The quantitative estimate of drug-likeness (QED) is 0.724. The fourth-order valence-electron chi connectivity index (χ4n) is 2.44. The van der Waals surface area contributed by atoms with Gasteiger partial charge in [-0.1, -0.05) is 32.1 Å². The van der Waals surface area contributed by atoms with Crippen LogP contribution in [-0.2, 0) is 0 Å². The minimum Gasteiger partial charge on any atom is -0.294 e. The average molecular weight is 238 g/mol. The molecule has 0 aromatic heterocycles. The van der Waals surface area contributed by atoms with Crippen LogP contribution >= 0.6 is 0 Å². The summed E-state index contributed by atoms with van der Waals surface area (Å²) in [5.41, 5.74) is 0.287. The molecule has 0 heterocycles. The van der Waals surface area contributed by atoms with Crippen LogP contribution in [0.15, 0.2) is 18.2 Å². The van der Waals surface area contributed by atoms with Crippen molar-refractivity contribution in [2.45, 2.75) is 38.5 Å². The minimum atomic E-state index is -0.945. The lowest BCUT2D eigenvalue weighted by molar-refractivity contribution is 0.0949. The summed E-state index contributed by atoms with van der Waals surface area (Å²) in [5.74, 6) is -1.50. The molecule has 3 heteroatoms. The van der Waals surface area contributed by atoms with Gasteiger partial charge >= 0.3 is 0 Å². The van der Waals surface area contributed by atoms with E-state index in [-0.39, 0.29) is 11.3 Å². The molecule has 1 saturated carbocycles. The Bertz CT molecular complexity index is 409. The van der Waals surface area contributed by atoms with Crippen LogP contribution in [0.3, 0.4) is 0 Å². The number of rotatable bonds is 3. The summed E-state index contributed by atoms with van der Waals surface area (Å²) in [6, 6.07) is 3.38. The van der Waals surface area contributed by atoms with Crippen molar-refractivity contribution in [3.05, 3.63) is 35.4 Å². The Kier molecular flexibility index (Phi) is 3.87. The van der Waals surface area contributed by atoms with Crippen LogP contribution < -0.4 is 0 Å². The molecule has 17 heavy (non-hydrogen) atoms. The third-order valence-electron chi connectivity index (χ3n) is 3.44. The highest BCUT2D eigenvalue weighted by atomic mass is 19.2. The first-order chi connectivity index (χ1) is 8.16. The molecule has 0 aliphatic heterocycles. The first-order valence-electron chi connectivity index (χ1n) is 6.15. The molecule has 0 amide bonds. The normalized spacial score (nSPS) is 17.1. The molecule has 1 fully saturated rings. The SMILES string of the molecule is O=C(CC1CCCCC1)c1ccc(F)c(F)c1. The Balaban J connectivity index is 2.01. The molecule has 0 unspecified atom stereocenters. The Hall–Kier alpha value is -1.25. The summed E-state index contributed by atoms with van der Waals surface area (Å²) in [6.07, 6.45) is 6.22. The van der Waals surface area contributed by atoms with E-state index in [2.05, 4.69) is 0 Å². The summed E-state index contributed by atoms with van der Waals surface area (Å²) in [4.78, 5) is 11.9. The molecular weight excluding hydrogens is 222 g/mol. The molecule has 1 aliphatic rings. The lowest BCUT2D eigenvalue weighted by Crippen LogP contribution is -2.12. The Morgan fingerprint density at radius 1 is 1.12 bits per heavy atom. The van der Waals surface area contributed by atoms with Crippen LogP contribution in [0.5, 0.6) is 0 Å². The molecule has 1 aliphatic carbocycles. The second-order valence-electron chi connectivity index (χ2n) is 4.76. The predicted molar refractivity (Wildman–Crippen MR) is 61.9 cm³/mol. The topological polar surface area (TPSA) is 17.1 Å². The number of carbonyl (C=O) groups excluding carboxylic acids is 1. The molecule has 1 aromatic rings. The van der Waals surface area contributed by atoms with Crippen molar-refractivity contribution in [1.29, 1.82) is 0 Å². The number of ketones is 1. The average Bonchev–Trinajstić information content (AvgIpc) is 2.34. The van der Waals surface area contributed by atoms with Crippen molar-refractivity contribution in [3.8, 4) is 0 Å². The van der Waals surface area contributed by atoms with Crippen molar-refractivity contribution in [1.82, 2.24) is 0 Å². The van der Waals surface area contributed by atoms with Gasteiger partial charge in [0, 0.05) is 12.0 Å². The van der Waals surface area contributed by atoms with E-state index in [9.17, 15) is 13.6 Å². The number of hydrogen-bond donors (Lipinski definition) is 0. The number of hydrogen-bond acceptors (Lipinski definition) is 1. The van der Waals surface area contributed by atoms with Gasteiger partial charge in [-0.25, -0.2) is 8.78 Å². The van der Waals surface area contributed by atoms with E-state index in [1.807, 2.05) is 0 Å². The highest BCUT2D eigenvalue weighted by Crippen LogP contribution is 2.27. The monoisotopic (exact) mass is 238 g/mol. The summed E-state index contributed by atoms with van der Waals surface area (Å²) in [6.45, 7) is 0.